The maximum Gasteiger partial charge on any atom is 0.345 e. The van der Waals surface area contributed by atoms with Gasteiger partial charge in [-0.3, -0.25) is 9.36 Å². The van der Waals surface area contributed by atoms with Gasteiger partial charge in [-0.05, 0) is 26.7 Å². The number of aromatic nitrogens is 2. The summed E-state index contributed by atoms with van der Waals surface area (Å²) in [7, 11) is 1.76. The van der Waals surface area contributed by atoms with Crippen LogP contribution in [-0.4, -0.2) is 34.2 Å². The van der Waals surface area contributed by atoms with Crippen molar-refractivity contribution in [1.29, 1.82) is 0 Å². The first-order valence-electron chi connectivity index (χ1n) is 7.01. The minimum atomic E-state index is -0.629. The smallest absolute Gasteiger partial charge is 0.345 e. The molecule has 6 nitrogen and oxygen atoms in total. The molecule has 7 heteroatoms. The number of hydrogen-bond donors (Lipinski definition) is 1. The van der Waals surface area contributed by atoms with Crippen molar-refractivity contribution in [1.82, 2.24) is 14.9 Å². The van der Waals surface area contributed by atoms with Gasteiger partial charge < -0.3 is 10.1 Å². The van der Waals surface area contributed by atoms with Gasteiger partial charge in [0.05, 0.1) is 17.5 Å². The number of esters is 1. The predicted octanol–water partition coefficient (Wildman–Crippen LogP) is 1.41. The van der Waals surface area contributed by atoms with Gasteiger partial charge in [0.1, 0.15) is 11.4 Å². The summed E-state index contributed by atoms with van der Waals surface area (Å²) in [5.41, 5.74) is -0.377. The van der Waals surface area contributed by atoms with E-state index in [-0.39, 0.29) is 29.7 Å². The molecule has 1 aromatic rings. The number of rotatable bonds is 3. The topological polar surface area (TPSA) is 73.2 Å². The van der Waals surface area contributed by atoms with Crippen LogP contribution in [0.15, 0.2) is 11.0 Å². The lowest BCUT2D eigenvalue weighted by Crippen LogP contribution is -2.39. The lowest BCUT2D eigenvalue weighted by atomic mass is 9.94. The van der Waals surface area contributed by atoms with Crippen LogP contribution in [0, 0.1) is 0 Å². The van der Waals surface area contributed by atoms with Gasteiger partial charge in [0.15, 0.2) is 0 Å². The van der Waals surface area contributed by atoms with Gasteiger partial charge in [0.25, 0.3) is 5.56 Å². The predicted molar refractivity (Wildman–Crippen MR) is 82.8 cm³/mol. The Morgan fingerprint density at radius 1 is 1.57 bits per heavy atom. The number of nitrogens with zero attached hydrogens (tertiary/aromatic N) is 2. The van der Waals surface area contributed by atoms with Gasteiger partial charge in [-0.25, -0.2) is 9.78 Å². The Bertz CT molecular complexity index is 626. The molecule has 0 aromatic carbocycles. The van der Waals surface area contributed by atoms with E-state index in [1.165, 1.54) is 6.20 Å². The van der Waals surface area contributed by atoms with Crippen molar-refractivity contribution in [3.8, 4) is 0 Å². The van der Waals surface area contributed by atoms with Crippen LogP contribution in [-0.2, 0) is 4.74 Å². The molecule has 1 aromatic heterocycles. The van der Waals surface area contributed by atoms with Gasteiger partial charge in [-0.15, -0.1) is 0 Å². The average molecular weight is 309 g/mol. The van der Waals surface area contributed by atoms with Crippen molar-refractivity contribution in [3.05, 3.63) is 27.9 Å². The summed E-state index contributed by atoms with van der Waals surface area (Å²) >= 11 is 5.30. The second-order valence-electron chi connectivity index (χ2n) is 5.02. The fraction of sp³-hybridized carbons (Fsp3) is 0.571. The van der Waals surface area contributed by atoms with Gasteiger partial charge in [0, 0.05) is 19.3 Å². The van der Waals surface area contributed by atoms with E-state index in [0.29, 0.717) is 10.8 Å². The molecular weight excluding hydrogens is 290 g/mol. The SMILES string of the molecule is CCOC(=O)c1cnc2n(c1=O)C(C)CCC2C(=S)NC. The largest absolute Gasteiger partial charge is 0.462 e. The van der Waals surface area contributed by atoms with Gasteiger partial charge in [0.2, 0.25) is 0 Å². The van der Waals surface area contributed by atoms with Crippen molar-refractivity contribution in [3.63, 3.8) is 0 Å². The van der Waals surface area contributed by atoms with Crippen molar-refractivity contribution in [2.45, 2.75) is 38.6 Å². The molecule has 2 unspecified atom stereocenters. The lowest BCUT2D eigenvalue weighted by Gasteiger charge is -2.30. The Morgan fingerprint density at radius 3 is 2.90 bits per heavy atom. The molecule has 2 atom stereocenters. The zero-order chi connectivity index (χ0) is 15.6. The van der Waals surface area contributed by atoms with E-state index >= 15 is 0 Å². The van der Waals surface area contributed by atoms with Crippen LogP contribution in [0.25, 0.3) is 0 Å². The molecule has 0 bridgehead atoms. The first-order valence-corrected chi connectivity index (χ1v) is 7.42. The third kappa shape index (κ3) is 2.83. The molecule has 1 N–H and O–H groups in total. The van der Waals surface area contributed by atoms with Crippen LogP contribution in [0.5, 0.6) is 0 Å². The molecule has 0 spiro atoms. The molecule has 21 heavy (non-hydrogen) atoms. The highest BCUT2D eigenvalue weighted by Crippen LogP contribution is 2.31. The number of carbonyl (C=O) groups is 1. The molecule has 2 heterocycles. The fourth-order valence-corrected chi connectivity index (χ4v) is 2.83. The molecule has 0 radical (unpaired) electrons. The second kappa shape index (κ2) is 6.34. The fourth-order valence-electron chi connectivity index (χ4n) is 2.60. The number of fused-ring (bicyclic) bond motifs is 1. The van der Waals surface area contributed by atoms with Crippen LogP contribution in [0.2, 0.25) is 0 Å². The highest BCUT2D eigenvalue weighted by molar-refractivity contribution is 7.80. The Labute approximate surface area is 128 Å². The van der Waals surface area contributed by atoms with Gasteiger partial charge >= 0.3 is 5.97 Å². The molecular formula is C14H19N3O3S. The minimum absolute atomic E-state index is 0.00900. The summed E-state index contributed by atoms with van der Waals surface area (Å²) in [4.78, 5) is 29.3. The molecule has 114 valence electrons. The van der Waals surface area contributed by atoms with E-state index in [0.717, 1.165) is 12.8 Å². The summed E-state index contributed by atoms with van der Waals surface area (Å²) in [6, 6.07) is -0.00900. The summed E-state index contributed by atoms with van der Waals surface area (Å²) in [6.45, 7) is 3.87. The van der Waals surface area contributed by atoms with E-state index in [2.05, 4.69) is 10.3 Å². The van der Waals surface area contributed by atoms with E-state index in [1.807, 2.05) is 6.92 Å². The maximum atomic E-state index is 12.6. The summed E-state index contributed by atoms with van der Waals surface area (Å²) < 4.78 is 6.47. The van der Waals surface area contributed by atoms with Crippen LogP contribution in [0.3, 0.4) is 0 Å². The summed E-state index contributed by atoms with van der Waals surface area (Å²) in [5.74, 6) is -0.105. The molecule has 2 rings (SSSR count). The first-order chi connectivity index (χ1) is 10.0. The van der Waals surface area contributed by atoms with E-state index in [4.69, 9.17) is 17.0 Å². The average Bonchev–Trinajstić information content (AvgIpc) is 2.47. The van der Waals surface area contributed by atoms with Gasteiger partial charge in [-0.2, -0.15) is 0 Å². The van der Waals surface area contributed by atoms with Crippen LogP contribution < -0.4 is 10.9 Å². The quantitative estimate of drug-likeness (QED) is 0.672. The molecule has 0 fully saturated rings. The Hall–Kier alpha value is -1.76. The van der Waals surface area contributed by atoms with Crippen molar-refractivity contribution < 1.29 is 9.53 Å². The van der Waals surface area contributed by atoms with Crippen molar-refractivity contribution >= 4 is 23.2 Å². The number of thiocarbonyl (C=S) groups is 1. The van der Waals surface area contributed by atoms with E-state index < -0.39 is 5.97 Å². The van der Waals surface area contributed by atoms with Crippen LogP contribution in [0.1, 0.15) is 54.8 Å². The number of nitrogens with one attached hydrogen (secondary N) is 1. The highest BCUT2D eigenvalue weighted by atomic mass is 32.1. The van der Waals surface area contributed by atoms with Crippen LogP contribution in [0.4, 0.5) is 0 Å². The monoisotopic (exact) mass is 309 g/mol. The normalized spacial score (nSPS) is 20.5. The molecule has 0 saturated heterocycles. The first kappa shape index (κ1) is 15.6. The lowest BCUT2D eigenvalue weighted by molar-refractivity contribution is 0.0522. The number of ether oxygens (including phenoxy) is 1. The minimum Gasteiger partial charge on any atom is -0.462 e. The second-order valence-corrected chi connectivity index (χ2v) is 5.46. The zero-order valence-electron chi connectivity index (χ0n) is 12.4. The Morgan fingerprint density at radius 2 is 2.29 bits per heavy atom. The number of likely N-dealkylation sites (N-methyl/N-ethyl adjacent to an activating group) is 1. The number of carbonyl (C=O) groups excluding carboxylic acids is 1. The molecule has 1 aliphatic heterocycles. The highest BCUT2D eigenvalue weighted by Gasteiger charge is 2.31. The van der Waals surface area contributed by atoms with Crippen molar-refractivity contribution in [2.24, 2.45) is 0 Å². The Balaban J connectivity index is 2.53. The van der Waals surface area contributed by atoms with Crippen LogP contribution >= 0.6 is 12.2 Å². The molecule has 0 saturated carbocycles. The third-order valence-electron chi connectivity index (χ3n) is 3.71. The van der Waals surface area contributed by atoms with Gasteiger partial charge in [-0.1, -0.05) is 12.2 Å². The Kier molecular flexibility index (Phi) is 4.72. The maximum absolute atomic E-state index is 12.6. The third-order valence-corrected chi connectivity index (χ3v) is 4.19. The summed E-state index contributed by atoms with van der Waals surface area (Å²) in [6.07, 6.45) is 2.95. The van der Waals surface area contributed by atoms with Crippen molar-refractivity contribution in [2.75, 3.05) is 13.7 Å². The molecule has 0 aliphatic carbocycles. The summed E-state index contributed by atoms with van der Waals surface area (Å²) in [5, 5.41) is 2.95. The zero-order valence-corrected chi connectivity index (χ0v) is 13.2. The van der Waals surface area contributed by atoms with E-state index in [1.54, 1.807) is 18.5 Å². The molecule has 1 aliphatic rings. The standard InChI is InChI=1S/C14H19N3O3S/c1-4-20-14(19)10-7-16-11-9(12(21)15-3)6-5-8(2)17(11)13(10)18/h7-9H,4-6H2,1-3H3,(H,15,21). The number of hydrogen-bond acceptors (Lipinski definition) is 5. The molecule has 0 amide bonds. The van der Waals surface area contributed by atoms with E-state index in [9.17, 15) is 9.59 Å².